The molecule has 0 spiro atoms. The van der Waals surface area contributed by atoms with Crippen molar-refractivity contribution >= 4 is 0 Å². The quantitative estimate of drug-likeness (QED) is 0.770. The highest BCUT2D eigenvalue weighted by Gasteiger charge is 2.16. The molecule has 1 rings (SSSR count). The molecule has 0 atom stereocenters. The lowest BCUT2D eigenvalue weighted by Gasteiger charge is -2.23. The molecule has 0 aliphatic heterocycles. The van der Waals surface area contributed by atoms with Crippen molar-refractivity contribution in [1.82, 2.24) is 10.3 Å². The van der Waals surface area contributed by atoms with Crippen LogP contribution >= 0.6 is 0 Å². The maximum Gasteiger partial charge on any atom is 0.126 e. The van der Waals surface area contributed by atoms with E-state index >= 15 is 0 Å². The maximum atomic E-state index is 12.8. The first kappa shape index (κ1) is 10.1. The van der Waals surface area contributed by atoms with E-state index in [0.717, 1.165) is 12.1 Å². The summed E-state index contributed by atoms with van der Waals surface area (Å²) in [5.74, 6) is -0.225. The molecule has 0 aliphatic rings. The number of hydrogen-bond acceptors (Lipinski definition) is 2. The number of hydrogen-bond donors (Lipinski definition) is 1. The van der Waals surface area contributed by atoms with Crippen LogP contribution < -0.4 is 5.32 Å². The van der Waals surface area contributed by atoms with E-state index in [9.17, 15) is 4.39 Å². The Hall–Kier alpha value is -0.960. The van der Waals surface area contributed by atoms with Crippen LogP contribution in [0.3, 0.4) is 0 Å². The van der Waals surface area contributed by atoms with Gasteiger partial charge in [-0.2, -0.15) is 0 Å². The fourth-order valence-corrected chi connectivity index (χ4v) is 1.09. The molecule has 1 N–H and O–H groups in total. The van der Waals surface area contributed by atoms with Crippen LogP contribution in [-0.2, 0) is 6.42 Å². The second kappa shape index (κ2) is 3.83. The molecule has 0 fully saturated rings. The van der Waals surface area contributed by atoms with Gasteiger partial charge < -0.3 is 5.32 Å². The molecule has 0 aromatic carbocycles. The van der Waals surface area contributed by atoms with E-state index in [1.807, 2.05) is 7.05 Å². The maximum absolute atomic E-state index is 12.8. The van der Waals surface area contributed by atoms with Crippen LogP contribution in [0, 0.1) is 5.82 Å². The van der Waals surface area contributed by atoms with Gasteiger partial charge in [-0.05, 0) is 33.0 Å². The van der Waals surface area contributed by atoms with Gasteiger partial charge in [0.1, 0.15) is 5.82 Å². The molecular formula is C10H15FN2. The van der Waals surface area contributed by atoms with Crippen LogP contribution in [0.15, 0.2) is 18.3 Å². The van der Waals surface area contributed by atoms with Gasteiger partial charge in [-0.3, -0.25) is 4.98 Å². The van der Waals surface area contributed by atoms with Crippen LogP contribution in [0.5, 0.6) is 0 Å². The molecule has 1 heterocycles. The second-order valence-electron chi connectivity index (χ2n) is 3.78. The van der Waals surface area contributed by atoms with Crippen molar-refractivity contribution in [2.24, 2.45) is 0 Å². The van der Waals surface area contributed by atoms with E-state index in [-0.39, 0.29) is 11.4 Å². The van der Waals surface area contributed by atoms with E-state index in [2.05, 4.69) is 24.1 Å². The molecular weight excluding hydrogens is 167 g/mol. The van der Waals surface area contributed by atoms with E-state index in [0.29, 0.717) is 0 Å². The third-order valence-corrected chi connectivity index (χ3v) is 2.08. The Bertz CT molecular complexity index is 284. The lowest BCUT2D eigenvalue weighted by atomic mass is 9.98. The summed E-state index contributed by atoms with van der Waals surface area (Å²) in [4.78, 5) is 4.09. The van der Waals surface area contributed by atoms with Crippen LogP contribution in [-0.4, -0.2) is 17.6 Å². The smallest absolute Gasteiger partial charge is 0.126 e. The lowest BCUT2D eigenvalue weighted by Crippen LogP contribution is -2.38. The summed E-state index contributed by atoms with van der Waals surface area (Å²) >= 11 is 0. The Labute approximate surface area is 78.2 Å². The Kier molecular flexibility index (Phi) is 2.98. The van der Waals surface area contributed by atoms with Gasteiger partial charge in [0.25, 0.3) is 0 Å². The average Bonchev–Trinajstić information content (AvgIpc) is 2.03. The number of pyridine rings is 1. The van der Waals surface area contributed by atoms with Gasteiger partial charge in [-0.25, -0.2) is 4.39 Å². The van der Waals surface area contributed by atoms with Crippen molar-refractivity contribution in [3.8, 4) is 0 Å². The molecule has 13 heavy (non-hydrogen) atoms. The minimum atomic E-state index is -0.225. The third kappa shape index (κ3) is 3.11. The number of rotatable bonds is 3. The van der Waals surface area contributed by atoms with Crippen molar-refractivity contribution in [1.29, 1.82) is 0 Å². The summed E-state index contributed by atoms with van der Waals surface area (Å²) in [5, 5.41) is 3.15. The summed E-state index contributed by atoms with van der Waals surface area (Å²) in [7, 11) is 1.89. The van der Waals surface area contributed by atoms with Crippen LogP contribution in [0.2, 0.25) is 0 Å². The molecule has 1 aromatic heterocycles. The van der Waals surface area contributed by atoms with Crippen LogP contribution in [0.4, 0.5) is 4.39 Å². The van der Waals surface area contributed by atoms with Crippen LogP contribution in [0.1, 0.15) is 19.5 Å². The third-order valence-electron chi connectivity index (χ3n) is 2.08. The standard InChI is InChI=1S/C10H15FN2/c1-10(2,12-3)7-9-6-8(11)4-5-13-9/h4-6,12H,7H2,1-3H3. The van der Waals surface area contributed by atoms with E-state index < -0.39 is 0 Å². The largest absolute Gasteiger partial charge is 0.314 e. The molecule has 0 saturated heterocycles. The Morgan fingerprint density at radius 3 is 2.77 bits per heavy atom. The van der Waals surface area contributed by atoms with Gasteiger partial charge in [0, 0.05) is 23.9 Å². The van der Waals surface area contributed by atoms with Crippen LogP contribution in [0.25, 0.3) is 0 Å². The molecule has 0 saturated carbocycles. The highest BCUT2D eigenvalue weighted by molar-refractivity contribution is 5.08. The predicted molar refractivity (Wildman–Crippen MR) is 51.0 cm³/mol. The average molecular weight is 182 g/mol. The minimum absolute atomic E-state index is 0.0409. The molecule has 1 aromatic rings. The van der Waals surface area contributed by atoms with E-state index in [1.165, 1.54) is 18.3 Å². The Morgan fingerprint density at radius 1 is 1.54 bits per heavy atom. The van der Waals surface area contributed by atoms with Gasteiger partial charge in [0.15, 0.2) is 0 Å². The topological polar surface area (TPSA) is 24.9 Å². The van der Waals surface area contributed by atoms with Crippen molar-refractivity contribution in [2.45, 2.75) is 25.8 Å². The number of likely N-dealkylation sites (N-methyl/N-ethyl adjacent to an activating group) is 1. The van der Waals surface area contributed by atoms with Crippen molar-refractivity contribution in [3.63, 3.8) is 0 Å². The van der Waals surface area contributed by atoms with Gasteiger partial charge in [0.2, 0.25) is 0 Å². The minimum Gasteiger partial charge on any atom is -0.314 e. The zero-order chi connectivity index (χ0) is 9.90. The number of aromatic nitrogens is 1. The molecule has 0 amide bonds. The SMILES string of the molecule is CNC(C)(C)Cc1cc(F)ccn1. The number of nitrogens with one attached hydrogen (secondary N) is 1. The van der Waals surface area contributed by atoms with Crippen molar-refractivity contribution < 1.29 is 4.39 Å². The predicted octanol–water partition coefficient (Wildman–Crippen LogP) is 1.76. The first-order valence-corrected chi connectivity index (χ1v) is 4.33. The molecule has 72 valence electrons. The molecule has 0 radical (unpaired) electrons. The number of nitrogens with zero attached hydrogens (tertiary/aromatic N) is 1. The fraction of sp³-hybridized carbons (Fsp3) is 0.500. The summed E-state index contributed by atoms with van der Waals surface area (Å²) in [6, 6.07) is 2.83. The molecule has 0 unspecified atom stereocenters. The summed E-state index contributed by atoms with van der Waals surface area (Å²) < 4.78 is 12.8. The first-order valence-electron chi connectivity index (χ1n) is 4.33. The molecule has 0 aliphatic carbocycles. The van der Waals surface area contributed by atoms with Gasteiger partial charge in [0.05, 0.1) is 0 Å². The summed E-state index contributed by atoms with van der Waals surface area (Å²) in [6.45, 7) is 4.11. The summed E-state index contributed by atoms with van der Waals surface area (Å²) in [5.41, 5.74) is 0.736. The van der Waals surface area contributed by atoms with Crippen molar-refractivity contribution in [2.75, 3.05) is 7.05 Å². The normalized spacial score (nSPS) is 11.7. The lowest BCUT2D eigenvalue weighted by molar-refractivity contribution is 0.417. The highest BCUT2D eigenvalue weighted by Crippen LogP contribution is 2.10. The monoisotopic (exact) mass is 182 g/mol. The summed E-state index contributed by atoms with van der Waals surface area (Å²) in [6.07, 6.45) is 2.22. The van der Waals surface area contributed by atoms with E-state index in [1.54, 1.807) is 0 Å². The van der Waals surface area contributed by atoms with Crippen molar-refractivity contribution in [3.05, 3.63) is 29.8 Å². The van der Waals surface area contributed by atoms with Gasteiger partial charge in [-0.15, -0.1) is 0 Å². The number of halogens is 1. The molecule has 2 nitrogen and oxygen atoms in total. The van der Waals surface area contributed by atoms with Gasteiger partial charge >= 0.3 is 0 Å². The van der Waals surface area contributed by atoms with E-state index in [4.69, 9.17) is 0 Å². The highest BCUT2D eigenvalue weighted by atomic mass is 19.1. The Morgan fingerprint density at radius 2 is 2.23 bits per heavy atom. The molecule has 0 bridgehead atoms. The fourth-order valence-electron chi connectivity index (χ4n) is 1.09. The zero-order valence-corrected chi connectivity index (χ0v) is 8.26. The zero-order valence-electron chi connectivity index (χ0n) is 8.26. The second-order valence-corrected chi connectivity index (χ2v) is 3.78. The first-order chi connectivity index (χ1) is 6.03. The Balaban J connectivity index is 2.74. The molecule has 3 heteroatoms. The van der Waals surface area contributed by atoms with Gasteiger partial charge in [-0.1, -0.05) is 0 Å².